The van der Waals surface area contributed by atoms with Gasteiger partial charge in [-0.1, -0.05) is 29.8 Å². The van der Waals surface area contributed by atoms with E-state index >= 15 is 0 Å². The van der Waals surface area contributed by atoms with Crippen molar-refractivity contribution in [1.29, 1.82) is 0 Å². The van der Waals surface area contributed by atoms with Crippen LogP contribution in [0.1, 0.15) is 18.1 Å². The second-order valence-corrected chi connectivity index (χ2v) is 4.06. The van der Waals surface area contributed by atoms with Gasteiger partial charge in [0.1, 0.15) is 0 Å². The molecule has 1 rings (SSSR count). The zero-order valence-electron chi connectivity index (χ0n) is 9.58. The summed E-state index contributed by atoms with van der Waals surface area (Å²) < 4.78 is 0. The van der Waals surface area contributed by atoms with Gasteiger partial charge in [-0.05, 0) is 31.6 Å². The van der Waals surface area contributed by atoms with Gasteiger partial charge in [-0.2, -0.15) is 0 Å². The molecule has 0 unspecified atom stereocenters. The second-order valence-electron chi connectivity index (χ2n) is 3.68. The lowest BCUT2D eigenvalue weighted by molar-refractivity contribution is 0.491. The molecule has 1 N–H and O–H groups in total. The van der Waals surface area contributed by atoms with Gasteiger partial charge in [-0.25, -0.2) is 0 Å². The Kier molecular flexibility index (Phi) is 4.56. The summed E-state index contributed by atoms with van der Waals surface area (Å²) in [4.78, 5) is 2.05. The Morgan fingerprint density at radius 2 is 1.93 bits per heavy atom. The summed E-state index contributed by atoms with van der Waals surface area (Å²) in [5, 5.41) is 3.94. The van der Waals surface area contributed by atoms with Crippen LogP contribution < -0.4 is 5.32 Å². The van der Waals surface area contributed by atoms with Gasteiger partial charge in [0.05, 0.1) is 0 Å². The molecule has 1 aromatic carbocycles. The van der Waals surface area contributed by atoms with Gasteiger partial charge < -0.3 is 10.2 Å². The third-order valence-corrected chi connectivity index (χ3v) is 2.67. The SMILES string of the molecule is CCNC(=S)N(C)Cc1ccc(C)cc1. The Hall–Kier alpha value is -1.09. The quantitative estimate of drug-likeness (QED) is 0.790. The number of benzene rings is 1. The summed E-state index contributed by atoms with van der Waals surface area (Å²) in [6, 6.07) is 8.53. The van der Waals surface area contributed by atoms with Gasteiger partial charge in [-0.3, -0.25) is 0 Å². The van der Waals surface area contributed by atoms with Crippen LogP contribution in [0.15, 0.2) is 24.3 Å². The van der Waals surface area contributed by atoms with E-state index in [4.69, 9.17) is 12.2 Å². The van der Waals surface area contributed by atoms with Crippen LogP contribution in [-0.4, -0.2) is 23.6 Å². The smallest absolute Gasteiger partial charge is 0.168 e. The Balaban J connectivity index is 2.54. The largest absolute Gasteiger partial charge is 0.363 e. The molecule has 82 valence electrons. The maximum absolute atomic E-state index is 5.22. The molecule has 3 heteroatoms. The fourth-order valence-corrected chi connectivity index (χ4v) is 1.53. The molecule has 15 heavy (non-hydrogen) atoms. The molecule has 0 saturated carbocycles. The van der Waals surface area contributed by atoms with E-state index in [0.29, 0.717) is 0 Å². The van der Waals surface area contributed by atoms with Gasteiger partial charge in [0, 0.05) is 20.1 Å². The molecule has 0 aromatic heterocycles. The van der Waals surface area contributed by atoms with Gasteiger partial charge in [-0.15, -0.1) is 0 Å². The lowest BCUT2D eigenvalue weighted by Gasteiger charge is -2.20. The highest BCUT2D eigenvalue weighted by molar-refractivity contribution is 7.80. The average Bonchev–Trinajstić information content (AvgIpc) is 2.22. The van der Waals surface area contributed by atoms with Crippen molar-refractivity contribution in [2.24, 2.45) is 0 Å². The summed E-state index contributed by atoms with van der Waals surface area (Å²) in [6.07, 6.45) is 0. The van der Waals surface area contributed by atoms with Crippen LogP contribution >= 0.6 is 12.2 Å². The molecule has 0 spiro atoms. The summed E-state index contributed by atoms with van der Waals surface area (Å²) >= 11 is 5.22. The zero-order valence-corrected chi connectivity index (χ0v) is 10.4. The van der Waals surface area contributed by atoms with E-state index in [1.54, 1.807) is 0 Å². The molecule has 0 heterocycles. The van der Waals surface area contributed by atoms with Crippen molar-refractivity contribution in [3.05, 3.63) is 35.4 Å². The number of hydrogen-bond acceptors (Lipinski definition) is 1. The Morgan fingerprint density at radius 1 is 1.33 bits per heavy atom. The van der Waals surface area contributed by atoms with Gasteiger partial charge >= 0.3 is 0 Å². The van der Waals surface area contributed by atoms with Crippen molar-refractivity contribution >= 4 is 17.3 Å². The predicted octanol–water partition coefficient (Wildman–Crippen LogP) is 2.32. The molecule has 0 aliphatic heterocycles. The van der Waals surface area contributed by atoms with Crippen molar-refractivity contribution in [3.63, 3.8) is 0 Å². The fraction of sp³-hybridized carbons (Fsp3) is 0.417. The van der Waals surface area contributed by atoms with Crippen molar-refractivity contribution < 1.29 is 0 Å². The van der Waals surface area contributed by atoms with Crippen LogP contribution in [0.4, 0.5) is 0 Å². The lowest BCUT2D eigenvalue weighted by Crippen LogP contribution is -2.36. The Labute approximate surface area is 97.3 Å². The molecule has 0 fully saturated rings. The third-order valence-electron chi connectivity index (χ3n) is 2.22. The molecule has 0 aliphatic carbocycles. The number of thiocarbonyl (C=S) groups is 1. The van der Waals surface area contributed by atoms with Crippen LogP contribution in [0, 0.1) is 6.92 Å². The zero-order chi connectivity index (χ0) is 11.3. The molecule has 0 bridgehead atoms. The van der Waals surface area contributed by atoms with E-state index in [9.17, 15) is 0 Å². The maximum atomic E-state index is 5.22. The number of nitrogens with one attached hydrogen (secondary N) is 1. The van der Waals surface area contributed by atoms with E-state index < -0.39 is 0 Å². The monoisotopic (exact) mass is 222 g/mol. The topological polar surface area (TPSA) is 15.3 Å². The molecular weight excluding hydrogens is 204 g/mol. The molecular formula is C12H18N2S. The molecule has 0 saturated heterocycles. The van der Waals surface area contributed by atoms with E-state index in [1.807, 2.05) is 18.9 Å². The van der Waals surface area contributed by atoms with Crippen LogP contribution in [0.3, 0.4) is 0 Å². The van der Waals surface area contributed by atoms with Crippen molar-refractivity contribution in [1.82, 2.24) is 10.2 Å². The average molecular weight is 222 g/mol. The number of rotatable bonds is 3. The number of hydrogen-bond donors (Lipinski definition) is 1. The van der Waals surface area contributed by atoms with Crippen LogP contribution in [0.25, 0.3) is 0 Å². The summed E-state index contributed by atoms with van der Waals surface area (Å²) in [5.74, 6) is 0. The lowest BCUT2D eigenvalue weighted by atomic mass is 10.1. The fourth-order valence-electron chi connectivity index (χ4n) is 1.33. The van der Waals surface area contributed by atoms with Crippen LogP contribution in [0.5, 0.6) is 0 Å². The molecule has 0 amide bonds. The van der Waals surface area contributed by atoms with Crippen molar-refractivity contribution in [2.45, 2.75) is 20.4 Å². The first kappa shape index (κ1) is 12.0. The molecule has 2 nitrogen and oxygen atoms in total. The van der Waals surface area contributed by atoms with E-state index in [2.05, 4.69) is 36.5 Å². The second kappa shape index (κ2) is 5.71. The Morgan fingerprint density at radius 3 is 2.47 bits per heavy atom. The normalized spacial score (nSPS) is 9.80. The van der Waals surface area contributed by atoms with E-state index in [0.717, 1.165) is 18.2 Å². The minimum Gasteiger partial charge on any atom is -0.363 e. The highest BCUT2D eigenvalue weighted by Gasteiger charge is 2.03. The summed E-state index contributed by atoms with van der Waals surface area (Å²) in [5.41, 5.74) is 2.57. The first-order valence-corrected chi connectivity index (χ1v) is 5.59. The number of aryl methyl sites for hydroxylation is 1. The maximum Gasteiger partial charge on any atom is 0.168 e. The standard InChI is InChI=1S/C12H18N2S/c1-4-13-12(15)14(3)9-11-7-5-10(2)6-8-11/h5-8H,4,9H2,1-3H3,(H,13,15). The van der Waals surface area contributed by atoms with Crippen molar-refractivity contribution in [2.75, 3.05) is 13.6 Å². The summed E-state index contributed by atoms with van der Waals surface area (Å²) in [7, 11) is 2.00. The first-order valence-electron chi connectivity index (χ1n) is 5.18. The molecule has 1 aromatic rings. The van der Waals surface area contributed by atoms with E-state index in [-0.39, 0.29) is 0 Å². The van der Waals surface area contributed by atoms with Crippen LogP contribution in [0.2, 0.25) is 0 Å². The van der Waals surface area contributed by atoms with Crippen molar-refractivity contribution in [3.8, 4) is 0 Å². The molecule has 0 atom stereocenters. The van der Waals surface area contributed by atoms with Crippen LogP contribution in [-0.2, 0) is 6.54 Å². The van der Waals surface area contributed by atoms with Gasteiger partial charge in [0.2, 0.25) is 0 Å². The third kappa shape index (κ3) is 3.88. The number of nitrogens with zero attached hydrogens (tertiary/aromatic N) is 1. The van der Waals surface area contributed by atoms with E-state index in [1.165, 1.54) is 11.1 Å². The molecule has 0 aliphatic rings. The highest BCUT2D eigenvalue weighted by Crippen LogP contribution is 2.05. The Bertz CT molecular complexity index is 319. The van der Waals surface area contributed by atoms with Gasteiger partial charge in [0.25, 0.3) is 0 Å². The first-order chi connectivity index (χ1) is 7.13. The minimum atomic E-state index is 0.804. The highest BCUT2D eigenvalue weighted by atomic mass is 32.1. The van der Waals surface area contributed by atoms with Gasteiger partial charge in [0.15, 0.2) is 5.11 Å². The summed E-state index contributed by atoms with van der Waals surface area (Å²) in [6.45, 7) is 5.87. The minimum absolute atomic E-state index is 0.804. The predicted molar refractivity (Wildman–Crippen MR) is 68.9 cm³/mol. The molecule has 0 radical (unpaired) electrons.